The van der Waals surface area contributed by atoms with Gasteiger partial charge in [0.05, 0.1) is 34.4 Å². The number of thiophene rings is 1. The van der Waals surface area contributed by atoms with Gasteiger partial charge in [0.15, 0.2) is 5.65 Å². The molecule has 0 saturated carbocycles. The number of nitrogens with one attached hydrogen (secondary N) is 1. The zero-order chi connectivity index (χ0) is 31.6. The second-order valence-corrected chi connectivity index (χ2v) is 12.8. The molecule has 1 amide bonds. The second-order valence-electron chi connectivity index (χ2n) is 9.76. The molecule has 6 rings (SSSR count). The van der Waals surface area contributed by atoms with Crippen molar-refractivity contribution in [2.24, 2.45) is 0 Å². The molecule has 1 aliphatic rings. The summed E-state index contributed by atoms with van der Waals surface area (Å²) in [6.45, 7) is 0.0988. The number of benzene rings is 1. The van der Waals surface area contributed by atoms with Crippen molar-refractivity contribution in [3.8, 4) is 16.3 Å². The van der Waals surface area contributed by atoms with E-state index >= 15 is 0 Å². The third-order valence-corrected chi connectivity index (χ3v) is 9.88. The molecule has 1 N–H and O–H groups in total. The van der Waals surface area contributed by atoms with Gasteiger partial charge in [-0.25, -0.2) is 28.4 Å². The number of sulfonamides is 1. The topological polar surface area (TPSA) is 143 Å². The monoisotopic (exact) mass is 656 g/mol. The highest BCUT2D eigenvalue weighted by molar-refractivity contribution is 7.89. The smallest absolute Gasteiger partial charge is 0.406 e. The van der Waals surface area contributed by atoms with Crippen LogP contribution in [0.2, 0.25) is 0 Å². The highest BCUT2D eigenvalue weighted by Crippen LogP contribution is 2.29. The van der Waals surface area contributed by atoms with Gasteiger partial charge in [-0.15, -0.1) is 24.5 Å². The molecule has 0 radical (unpaired) electrons. The molecule has 4 aromatic heterocycles. The van der Waals surface area contributed by atoms with E-state index in [2.05, 4.69) is 35.0 Å². The standard InChI is InChI=1S/C28H23F3N8O4S2/c29-28(30,31)43-18-4-7-20(8-5-18)45(41,42)39-12-11-38(25-15-34-22-14-32-17-36-26(22)37-25)16-23(39)27(40)35-13-19-6-9-24(44-19)21-3-1-2-10-33-21/h1-10,14-15,17,23H,11-13,16H2,(H,35,40)/t23-/m1/s1. The van der Waals surface area contributed by atoms with Crippen LogP contribution in [0.15, 0.2) is 84.4 Å². The van der Waals surface area contributed by atoms with Gasteiger partial charge in [0.25, 0.3) is 0 Å². The van der Waals surface area contributed by atoms with E-state index in [1.165, 1.54) is 30.1 Å². The lowest BCUT2D eigenvalue weighted by Gasteiger charge is -2.40. The number of piperazine rings is 1. The number of hydrogen-bond acceptors (Lipinski definition) is 11. The van der Waals surface area contributed by atoms with Crippen LogP contribution < -0.4 is 15.0 Å². The Bertz CT molecular complexity index is 1930. The predicted molar refractivity (Wildman–Crippen MR) is 158 cm³/mol. The number of hydrogen-bond donors (Lipinski definition) is 1. The van der Waals surface area contributed by atoms with Gasteiger partial charge in [-0.1, -0.05) is 6.07 Å². The van der Waals surface area contributed by atoms with Gasteiger partial charge in [-0.3, -0.25) is 9.78 Å². The number of anilines is 1. The maximum Gasteiger partial charge on any atom is 0.573 e. The average Bonchev–Trinajstić information content (AvgIpc) is 3.52. The first kappa shape index (κ1) is 30.3. The Labute approximate surface area is 258 Å². The van der Waals surface area contributed by atoms with Gasteiger partial charge in [0.2, 0.25) is 15.9 Å². The molecule has 1 aromatic carbocycles. The summed E-state index contributed by atoms with van der Waals surface area (Å²) >= 11 is 1.44. The highest BCUT2D eigenvalue weighted by atomic mass is 32.2. The molecule has 1 fully saturated rings. The summed E-state index contributed by atoms with van der Waals surface area (Å²) in [6.07, 6.45) is 1.09. The second kappa shape index (κ2) is 12.3. The third kappa shape index (κ3) is 6.84. The number of alkyl halides is 3. The lowest BCUT2D eigenvalue weighted by molar-refractivity contribution is -0.274. The number of nitrogens with zero attached hydrogens (tertiary/aromatic N) is 7. The van der Waals surface area contributed by atoms with E-state index < -0.39 is 34.1 Å². The fraction of sp³-hybridized carbons (Fsp3) is 0.214. The van der Waals surface area contributed by atoms with Crippen molar-refractivity contribution < 1.29 is 31.1 Å². The normalized spacial score (nSPS) is 16.1. The Morgan fingerprint density at radius 2 is 1.84 bits per heavy atom. The van der Waals surface area contributed by atoms with Crippen LogP contribution in [0.25, 0.3) is 21.7 Å². The van der Waals surface area contributed by atoms with Crippen molar-refractivity contribution >= 4 is 44.2 Å². The minimum atomic E-state index is -4.93. The van der Waals surface area contributed by atoms with E-state index in [1.807, 2.05) is 30.3 Å². The Balaban J connectivity index is 1.25. The number of amides is 1. The molecule has 5 aromatic rings. The first-order chi connectivity index (χ1) is 21.6. The summed E-state index contributed by atoms with van der Waals surface area (Å²) < 4.78 is 70.4. The minimum Gasteiger partial charge on any atom is -0.406 e. The largest absolute Gasteiger partial charge is 0.573 e. The fourth-order valence-electron chi connectivity index (χ4n) is 4.75. The molecule has 1 saturated heterocycles. The van der Waals surface area contributed by atoms with Crippen LogP contribution >= 0.6 is 11.3 Å². The van der Waals surface area contributed by atoms with Crippen molar-refractivity contribution in [3.63, 3.8) is 0 Å². The molecule has 1 aliphatic heterocycles. The molecule has 1 atom stereocenters. The lowest BCUT2D eigenvalue weighted by atomic mass is 10.2. The van der Waals surface area contributed by atoms with Crippen LogP contribution in [0.3, 0.4) is 0 Å². The third-order valence-electron chi connectivity index (χ3n) is 6.85. The summed E-state index contributed by atoms with van der Waals surface area (Å²) in [5.41, 5.74) is 1.59. The van der Waals surface area contributed by atoms with Crippen LogP contribution in [-0.2, 0) is 21.4 Å². The predicted octanol–water partition coefficient (Wildman–Crippen LogP) is 3.64. The SMILES string of the molecule is O=C(NCc1ccc(-c2ccccn2)s1)[C@H]1CN(c2cnc3cncnc3n2)CCN1S(=O)(=O)c1ccc(OC(F)(F)F)cc1. The van der Waals surface area contributed by atoms with Gasteiger partial charge in [0.1, 0.15) is 29.5 Å². The first-order valence-corrected chi connectivity index (χ1v) is 15.7. The van der Waals surface area contributed by atoms with Crippen LogP contribution in [0.4, 0.5) is 19.0 Å². The summed E-state index contributed by atoms with van der Waals surface area (Å²) in [5.74, 6) is -0.743. The van der Waals surface area contributed by atoms with Crippen molar-refractivity contribution in [2.75, 3.05) is 24.5 Å². The average molecular weight is 657 g/mol. The summed E-state index contributed by atoms with van der Waals surface area (Å²) in [6, 6.07) is 11.9. The molecule has 0 spiro atoms. The number of rotatable bonds is 8. The van der Waals surface area contributed by atoms with E-state index in [-0.39, 0.29) is 31.1 Å². The maximum absolute atomic E-state index is 13.8. The first-order valence-electron chi connectivity index (χ1n) is 13.4. The summed E-state index contributed by atoms with van der Waals surface area (Å²) in [4.78, 5) is 38.1. The van der Waals surface area contributed by atoms with E-state index in [0.717, 1.165) is 44.0 Å². The molecule has 0 aliphatic carbocycles. The molecule has 17 heteroatoms. The minimum absolute atomic E-state index is 0.0742. The number of pyridine rings is 1. The van der Waals surface area contributed by atoms with E-state index in [1.54, 1.807) is 11.1 Å². The van der Waals surface area contributed by atoms with E-state index in [9.17, 15) is 26.4 Å². The zero-order valence-electron chi connectivity index (χ0n) is 23.1. The summed E-state index contributed by atoms with van der Waals surface area (Å²) in [5, 5.41) is 2.84. The van der Waals surface area contributed by atoms with Gasteiger partial charge in [-0.2, -0.15) is 4.31 Å². The van der Waals surface area contributed by atoms with Crippen LogP contribution in [0.5, 0.6) is 5.75 Å². The summed E-state index contributed by atoms with van der Waals surface area (Å²) in [7, 11) is -4.33. The number of fused-ring (bicyclic) bond motifs is 1. The number of ether oxygens (including phenoxy) is 1. The zero-order valence-corrected chi connectivity index (χ0v) is 24.8. The molecule has 232 valence electrons. The lowest BCUT2D eigenvalue weighted by Crippen LogP contribution is -2.60. The van der Waals surface area contributed by atoms with E-state index in [0.29, 0.717) is 17.0 Å². The molecule has 0 bridgehead atoms. The molecule has 5 heterocycles. The highest BCUT2D eigenvalue weighted by Gasteiger charge is 2.41. The Hall–Kier alpha value is -4.74. The molecule has 45 heavy (non-hydrogen) atoms. The van der Waals surface area contributed by atoms with Crippen molar-refractivity contribution in [3.05, 3.63) is 84.4 Å². The van der Waals surface area contributed by atoms with Gasteiger partial charge in [-0.05, 0) is 48.5 Å². The van der Waals surface area contributed by atoms with Crippen LogP contribution in [0, 0.1) is 0 Å². The number of halogens is 3. The quantitative estimate of drug-likeness (QED) is 0.263. The number of aromatic nitrogens is 5. The fourth-order valence-corrected chi connectivity index (χ4v) is 7.24. The van der Waals surface area contributed by atoms with Crippen molar-refractivity contribution in [1.82, 2.24) is 34.5 Å². The number of carbonyl (C=O) groups excluding carboxylic acids is 1. The van der Waals surface area contributed by atoms with Crippen molar-refractivity contribution in [1.29, 1.82) is 0 Å². The molecule has 0 unspecified atom stereocenters. The van der Waals surface area contributed by atoms with E-state index in [4.69, 9.17) is 0 Å². The van der Waals surface area contributed by atoms with Crippen LogP contribution in [-0.4, -0.2) is 75.6 Å². The van der Waals surface area contributed by atoms with Crippen LogP contribution in [0.1, 0.15) is 4.88 Å². The maximum atomic E-state index is 13.8. The van der Waals surface area contributed by atoms with Gasteiger partial charge >= 0.3 is 6.36 Å². The molecule has 12 nitrogen and oxygen atoms in total. The Morgan fingerprint density at radius 3 is 2.60 bits per heavy atom. The van der Waals surface area contributed by atoms with Gasteiger partial charge < -0.3 is 15.0 Å². The van der Waals surface area contributed by atoms with Gasteiger partial charge in [0, 0.05) is 30.7 Å². The Kier molecular flexibility index (Phi) is 8.30. The number of carbonyl (C=O) groups is 1. The molecular formula is C28H23F3N8O4S2. The Morgan fingerprint density at radius 1 is 1.02 bits per heavy atom. The van der Waals surface area contributed by atoms with Crippen molar-refractivity contribution in [2.45, 2.75) is 23.8 Å². The molecular weight excluding hydrogens is 633 g/mol.